The highest BCUT2D eigenvalue weighted by atomic mass is 14.7. The Kier molecular flexibility index (Phi) is 10.3. The normalized spacial score (nSPS) is 11.0. The van der Waals surface area contributed by atoms with Crippen LogP contribution in [-0.4, -0.2) is 0 Å². The van der Waals surface area contributed by atoms with E-state index >= 15 is 0 Å². The number of hydrogen-bond acceptors (Lipinski definition) is 2. The summed E-state index contributed by atoms with van der Waals surface area (Å²) in [5.41, 5.74) is 35.5. The summed E-state index contributed by atoms with van der Waals surface area (Å²) in [4.78, 5) is 0. The fourth-order valence-corrected chi connectivity index (χ4v) is 9.13. The molecule has 294 valence electrons. The van der Waals surface area contributed by atoms with Gasteiger partial charge in [0.2, 0.25) is 0 Å². The quantitative estimate of drug-likeness (QED) is 0.143. The van der Waals surface area contributed by atoms with E-state index in [1.54, 1.807) is 0 Å². The van der Waals surface area contributed by atoms with Gasteiger partial charge in [0.1, 0.15) is 0 Å². The fourth-order valence-electron chi connectivity index (χ4n) is 9.13. The molecule has 10 rings (SSSR count). The van der Waals surface area contributed by atoms with Crippen LogP contribution in [0.4, 0.5) is 11.4 Å². The molecule has 0 saturated carbocycles. The second kappa shape index (κ2) is 16.8. The zero-order chi connectivity index (χ0) is 41.8. The van der Waals surface area contributed by atoms with Crippen LogP contribution in [0.5, 0.6) is 0 Å². The third kappa shape index (κ3) is 6.94. The summed E-state index contributed by atoms with van der Waals surface area (Å²) < 4.78 is 0. The monoisotopic (exact) mass is 792 g/mol. The number of nitrogen functional groups attached to an aromatic ring is 2. The smallest absolute Gasteiger partial charge is 0.0640 e. The predicted molar refractivity (Wildman–Crippen MR) is 264 cm³/mol. The zero-order valence-electron chi connectivity index (χ0n) is 34.2. The van der Waals surface area contributed by atoms with Crippen molar-refractivity contribution >= 4 is 11.4 Å². The average Bonchev–Trinajstić information content (AvgIpc) is 3.36. The molecule has 4 N–H and O–H groups in total. The van der Waals surface area contributed by atoms with Gasteiger partial charge in [0, 0.05) is 22.3 Å². The summed E-state index contributed by atoms with van der Waals surface area (Å²) in [7, 11) is 0. The van der Waals surface area contributed by atoms with E-state index in [9.17, 15) is 0 Å². The van der Waals surface area contributed by atoms with Crippen molar-refractivity contribution in [1.29, 1.82) is 0 Å². The van der Waals surface area contributed by atoms with Crippen molar-refractivity contribution in [3.8, 4) is 100 Å². The molecular formula is C60H44N2. The predicted octanol–water partition coefficient (Wildman–Crippen LogP) is 15.9. The van der Waals surface area contributed by atoms with Crippen LogP contribution in [0, 0.1) is 0 Å². The minimum Gasteiger partial charge on any atom is -0.397 e. The lowest BCUT2D eigenvalue weighted by Gasteiger charge is -2.28. The van der Waals surface area contributed by atoms with E-state index in [4.69, 9.17) is 11.5 Å². The molecule has 0 aromatic heterocycles. The molecule has 0 bridgehead atoms. The van der Waals surface area contributed by atoms with E-state index < -0.39 is 0 Å². The third-order valence-corrected chi connectivity index (χ3v) is 11.9. The number of hydrogen-bond donors (Lipinski definition) is 2. The Hall–Kier alpha value is -8.20. The van der Waals surface area contributed by atoms with Crippen molar-refractivity contribution in [2.24, 2.45) is 0 Å². The van der Waals surface area contributed by atoms with Gasteiger partial charge in [-0.2, -0.15) is 0 Å². The molecule has 0 unspecified atom stereocenters. The molecule has 0 atom stereocenters. The summed E-state index contributed by atoms with van der Waals surface area (Å²) in [6.45, 7) is 0. The summed E-state index contributed by atoms with van der Waals surface area (Å²) in [6, 6.07) is 85.9. The first-order valence-corrected chi connectivity index (χ1v) is 21.1. The Balaban J connectivity index is 1.39. The van der Waals surface area contributed by atoms with Crippen molar-refractivity contribution in [1.82, 2.24) is 0 Å². The van der Waals surface area contributed by atoms with Crippen LogP contribution in [0.2, 0.25) is 0 Å². The van der Waals surface area contributed by atoms with Crippen molar-refractivity contribution in [2.45, 2.75) is 0 Å². The molecule has 0 aliphatic heterocycles. The molecule has 0 spiro atoms. The van der Waals surface area contributed by atoms with Crippen molar-refractivity contribution in [3.05, 3.63) is 243 Å². The highest BCUT2D eigenvalue weighted by Crippen LogP contribution is 2.57. The molecule has 10 aromatic carbocycles. The Labute approximate surface area is 364 Å². The SMILES string of the molecule is Nc1c(N)c(-c2ccccc2-c2ccccc2-c2ccccc2)c(-c2ccccc2-c2ccccc2-c2ccccc2)c(-c2ccccc2-c2ccccc2)c1-c1ccccc1. The van der Waals surface area contributed by atoms with E-state index in [1.807, 2.05) is 6.07 Å². The van der Waals surface area contributed by atoms with Crippen LogP contribution in [0.3, 0.4) is 0 Å². The highest BCUT2D eigenvalue weighted by Gasteiger charge is 2.30. The standard InChI is InChI=1S/C60H44N2/c61-59-55(44-29-11-4-12-30-44)56(52-38-20-15-33-47(52)43-27-9-3-10-28-43)57(53-39-21-18-36-50(53)48-34-16-13-31-45(48)41-23-5-1-6-24-41)58(60(59)62)54-40-22-19-37-51(54)49-35-17-14-32-46(49)42-25-7-2-8-26-42/h1-40H,61-62H2. The average molecular weight is 793 g/mol. The second-order valence-corrected chi connectivity index (χ2v) is 15.5. The van der Waals surface area contributed by atoms with Crippen molar-refractivity contribution in [3.63, 3.8) is 0 Å². The number of benzene rings is 10. The van der Waals surface area contributed by atoms with Gasteiger partial charge in [-0.05, 0) is 77.9 Å². The first kappa shape index (κ1) is 38.0. The first-order chi connectivity index (χ1) is 30.7. The highest BCUT2D eigenvalue weighted by molar-refractivity contribution is 6.16. The molecule has 62 heavy (non-hydrogen) atoms. The zero-order valence-corrected chi connectivity index (χ0v) is 34.2. The van der Waals surface area contributed by atoms with Crippen LogP contribution in [-0.2, 0) is 0 Å². The van der Waals surface area contributed by atoms with Crippen molar-refractivity contribution in [2.75, 3.05) is 11.5 Å². The van der Waals surface area contributed by atoms with Gasteiger partial charge in [-0.3, -0.25) is 0 Å². The number of rotatable bonds is 9. The molecule has 0 radical (unpaired) electrons. The maximum absolute atomic E-state index is 7.67. The Bertz CT molecular complexity index is 3170. The molecule has 0 saturated heterocycles. The topological polar surface area (TPSA) is 52.0 Å². The Morgan fingerprint density at radius 1 is 0.161 bits per heavy atom. The molecular weight excluding hydrogens is 749 g/mol. The Morgan fingerprint density at radius 2 is 0.371 bits per heavy atom. The lowest BCUT2D eigenvalue weighted by molar-refractivity contribution is 1.51. The summed E-state index contributed by atoms with van der Waals surface area (Å²) in [6.07, 6.45) is 0. The largest absolute Gasteiger partial charge is 0.397 e. The first-order valence-electron chi connectivity index (χ1n) is 21.1. The minimum atomic E-state index is 0.538. The van der Waals surface area contributed by atoms with Gasteiger partial charge in [0.25, 0.3) is 0 Å². The second-order valence-electron chi connectivity index (χ2n) is 15.5. The molecule has 10 aromatic rings. The molecule has 0 heterocycles. The van der Waals surface area contributed by atoms with Crippen LogP contribution in [0.15, 0.2) is 243 Å². The molecule has 0 aliphatic carbocycles. The van der Waals surface area contributed by atoms with Crippen molar-refractivity contribution < 1.29 is 0 Å². The van der Waals surface area contributed by atoms with Crippen LogP contribution < -0.4 is 11.5 Å². The summed E-state index contributed by atoms with van der Waals surface area (Å²) in [5, 5.41) is 0. The maximum Gasteiger partial charge on any atom is 0.0640 e. The molecule has 0 aliphatic rings. The number of anilines is 2. The van der Waals surface area contributed by atoms with Gasteiger partial charge in [-0.25, -0.2) is 0 Å². The van der Waals surface area contributed by atoms with Gasteiger partial charge >= 0.3 is 0 Å². The van der Waals surface area contributed by atoms with Gasteiger partial charge in [-0.15, -0.1) is 0 Å². The lowest BCUT2D eigenvalue weighted by Crippen LogP contribution is -2.07. The van der Waals surface area contributed by atoms with E-state index in [0.29, 0.717) is 11.4 Å². The lowest BCUT2D eigenvalue weighted by atomic mass is 9.76. The fraction of sp³-hybridized carbons (Fsp3) is 0. The summed E-state index contributed by atoms with van der Waals surface area (Å²) >= 11 is 0. The van der Waals surface area contributed by atoms with Gasteiger partial charge < -0.3 is 11.5 Å². The van der Waals surface area contributed by atoms with E-state index in [0.717, 1.165) is 100 Å². The molecule has 2 heteroatoms. The van der Waals surface area contributed by atoms with E-state index in [-0.39, 0.29) is 0 Å². The van der Waals surface area contributed by atoms with E-state index in [2.05, 4.69) is 237 Å². The van der Waals surface area contributed by atoms with Crippen LogP contribution in [0.25, 0.3) is 100 Å². The molecule has 2 nitrogen and oxygen atoms in total. The van der Waals surface area contributed by atoms with E-state index in [1.165, 1.54) is 0 Å². The Morgan fingerprint density at radius 3 is 0.742 bits per heavy atom. The maximum atomic E-state index is 7.67. The summed E-state index contributed by atoms with van der Waals surface area (Å²) in [5.74, 6) is 0. The molecule has 0 amide bonds. The van der Waals surface area contributed by atoms with Gasteiger partial charge in [0.15, 0.2) is 0 Å². The van der Waals surface area contributed by atoms with Crippen LogP contribution >= 0.6 is 0 Å². The number of nitrogens with two attached hydrogens (primary N) is 2. The van der Waals surface area contributed by atoms with Crippen LogP contribution in [0.1, 0.15) is 0 Å². The van der Waals surface area contributed by atoms with Gasteiger partial charge in [0.05, 0.1) is 11.4 Å². The van der Waals surface area contributed by atoms with Gasteiger partial charge in [-0.1, -0.05) is 243 Å². The third-order valence-electron chi connectivity index (χ3n) is 11.9. The molecule has 0 fully saturated rings. The minimum absolute atomic E-state index is 0.538.